The maximum Gasteiger partial charge on any atom is 0.418 e. The molecule has 0 aliphatic heterocycles. The van der Waals surface area contributed by atoms with E-state index in [1.54, 1.807) is 0 Å². The molecule has 0 fully saturated rings. The van der Waals surface area contributed by atoms with Gasteiger partial charge in [0, 0.05) is 27.2 Å². The molecular formula is C11H14BrF3N2OS. The molecule has 0 spiro atoms. The molecule has 0 saturated heterocycles. The van der Waals surface area contributed by atoms with Gasteiger partial charge >= 0.3 is 6.18 Å². The Morgan fingerprint density at radius 2 is 2.05 bits per heavy atom. The fraction of sp³-hybridized carbons (Fsp3) is 0.545. The van der Waals surface area contributed by atoms with Gasteiger partial charge in [-0.15, -0.1) is 11.3 Å². The smallest absolute Gasteiger partial charge is 0.370 e. The summed E-state index contributed by atoms with van der Waals surface area (Å²) in [5.74, 6) is -0.384. The first-order valence-corrected chi connectivity index (χ1v) is 7.28. The number of rotatable bonds is 6. The van der Waals surface area contributed by atoms with Crippen LogP contribution in [-0.4, -0.2) is 5.91 Å². The summed E-state index contributed by atoms with van der Waals surface area (Å²) >= 11 is 3.95. The molecule has 1 aromatic heterocycles. The van der Waals surface area contributed by atoms with Crippen LogP contribution in [0.4, 0.5) is 13.2 Å². The lowest BCUT2D eigenvalue weighted by molar-refractivity contribution is -0.137. The van der Waals surface area contributed by atoms with E-state index in [1.807, 2.05) is 0 Å². The standard InChI is InChI=1S/C11H14BrF3N2OS/c12-9-6(11(13,14)15)5-19-10(9)7(16)3-1-2-4-8(17)18/h5,7H,1-4,16H2,(H2,17,18). The van der Waals surface area contributed by atoms with Crippen molar-refractivity contribution in [3.8, 4) is 0 Å². The van der Waals surface area contributed by atoms with Gasteiger partial charge in [0.25, 0.3) is 0 Å². The fourth-order valence-corrected chi connectivity index (χ4v) is 3.66. The first-order valence-electron chi connectivity index (χ1n) is 5.61. The van der Waals surface area contributed by atoms with Crippen molar-refractivity contribution in [2.45, 2.75) is 37.9 Å². The average molecular weight is 359 g/mol. The Balaban J connectivity index is 2.60. The summed E-state index contributed by atoms with van der Waals surface area (Å²) in [5.41, 5.74) is 10.2. The van der Waals surface area contributed by atoms with Gasteiger partial charge in [-0.3, -0.25) is 4.79 Å². The minimum Gasteiger partial charge on any atom is -0.370 e. The van der Waals surface area contributed by atoms with E-state index < -0.39 is 17.8 Å². The SMILES string of the molecule is NC(=O)CCCCC(N)c1scc(C(F)(F)F)c1Br. The topological polar surface area (TPSA) is 69.1 Å². The molecule has 0 bridgehead atoms. The maximum absolute atomic E-state index is 12.6. The van der Waals surface area contributed by atoms with Crippen molar-refractivity contribution >= 4 is 33.2 Å². The van der Waals surface area contributed by atoms with E-state index in [9.17, 15) is 18.0 Å². The minimum atomic E-state index is -4.38. The number of hydrogen-bond donors (Lipinski definition) is 2. The highest BCUT2D eigenvalue weighted by Crippen LogP contribution is 2.42. The number of hydrogen-bond acceptors (Lipinski definition) is 3. The molecule has 1 atom stereocenters. The average Bonchev–Trinajstić information content (AvgIpc) is 2.65. The van der Waals surface area contributed by atoms with Crippen LogP contribution in [-0.2, 0) is 11.0 Å². The molecule has 0 aromatic carbocycles. The van der Waals surface area contributed by atoms with Gasteiger partial charge in [0.05, 0.1) is 5.56 Å². The molecule has 0 aliphatic carbocycles. The van der Waals surface area contributed by atoms with Crippen molar-refractivity contribution in [3.05, 3.63) is 20.3 Å². The van der Waals surface area contributed by atoms with Gasteiger partial charge in [0.1, 0.15) is 0 Å². The summed E-state index contributed by atoms with van der Waals surface area (Å²) < 4.78 is 37.8. The molecule has 8 heteroatoms. The van der Waals surface area contributed by atoms with Crippen LogP contribution in [0, 0.1) is 0 Å². The summed E-state index contributed by atoms with van der Waals surface area (Å²) in [6, 6.07) is -0.469. The summed E-state index contributed by atoms with van der Waals surface area (Å²) in [7, 11) is 0. The Bertz CT molecular complexity index is 448. The number of alkyl halides is 3. The van der Waals surface area contributed by atoms with Crippen LogP contribution < -0.4 is 11.5 Å². The number of halogens is 4. The van der Waals surface area contributed by atoms with Crippen LogP contribution >= 0.6 is 27.3 Å². The maximum atomic E-state index is 12.6. The lowest BCUT2D eigenvalue weighted by atomic mass is 10.1. The number of nitrogens with two attached hydrogens (primary N) is 2. The largest absolute Gasteiger partial charge is 0.418 e. The van der Waals surface area contributed by atoms with E-state index in [0.29, 0.717) is 24.1 Å². The zero-order valence-corrected chi connectivity index (χ0v) is 12.4. The molecule has 1 rings (SSSR count). The molecule has 0 aliphatic rings. The van der Waals surface area contributed by atoms with Crippen LogP contribution in [0.15, 0.2) is 9.85 Å². The molecule has 0 radical (unpaired) electrons. The molecule has 0 saturated carbocycles. The number of carbonyl (C=O) groups excluding carboxylic acids is 1. The zero-order valence-electron chi connectivity index (χ0n) is 9.97. The van der Waals surface area contributed by atoms with Crippen molar-refractivity contribution in [2.75, 3.05) is 0 Å². The summed E-state index contributed by atoms with van der Waals surface area (Å²) in [4.78, 5) is 11.0. The first-order chi connectivity index (χ1) is 8.73. The second-order valence-electron chi connectivity index (χ2n) is 4.14. The van der Waals surface area contributed by atoms with Crippen LogP contribution in [0.1, 0.15) is 42.2 Å². The lowest BCUT2D eigenvalue weighted by Gasteiger charge is -2.11. The number of unbranched alkanes of at least 4 members (excludes halogenated alkanes) is 1. The van der Waals surface area contributed by atoms with Crippen molar-refractivity contribution in [1.82, 2.24) is 0 Å². The van der Waals surface area contributed by atoms with Crippen LogP contribution in [0.2, 0.25) is 0 Å². The second kappa shape index (κ2) is 6.71. The number of carbonyl (C=O) groups is 1. The second-order valence-corrected chi connectivity index (χ2v) is 5.85. The Morgan fingerprint density at radius 3 is 2.53 bits per heavy atom. The Morgan fingerprint density at radius 1 is 1.42 bits per heavy atom. The quantitative estimate of drug-likeness (QED) is 0.763. The summed E-state index contributed by atoms with van der Waals surface area (Å²) in [6.45, 7) is 0. The highest BCUT2D eigenvalue weighted by molar-refractivity contribution is 9.10. The number of primary amides is 1. The molecule has 108 valence electrons. The molecule has 4 N–H and O–H groups in total. The Hall–Kier alpha value is -0.600. The van der Waals surface area contributed by atoms with Crippen molar-refractivity contribution in [1.29, 1.82) is 0 Å². The highest BCUT2D eigenvalue weighted by atomic mass is 79.9. The summed E-state index contributed by atoms with van der Waals surface area (Å²) in [6.07, 6.45) is -2.34. The van der Waals surface area contributed by atoms with E-state index >= 15 is 0 Å². The van der Waals surface area contributed by atoms with Gasteiger partial charge in [-0.25, -0.2) is 0 Å². The molecule has 1 aromatic rings. The van der Waals surface area contributed by atoms with Crippen molar-refractivity contribution in [2.24, 2.45) is 11.5 Å². The monoisotopic (exact) mass is 358 g/mol. The molecular weight excluding hydrogens is 345 g/mol. The minimum absolute atomic E-state index is 0.0207. The van der Waals surface area contributed by atoms with E-state index in [0.717, 1.165) is 16.7 Å². The van der Waals surface area contributed by atoms with Gasteiger partial charge in [-0.05, 0) is 28.8 Å². The van der Waals surface area contributed by atoms with Gasteiger partial charge in [0.15, 0.2) is 0 Å². The normalized spacial score (nSPS) is 13.5. The number of thiophene rings is 1. The van der Waals surface area contributed by atoms with E-state index in [2.05, 4.69) is 15.9 Å². The molecule has 1 heterocycles. The van der Waals surface area contributed by atoms with Gasteiger partial charge in [-0.1, -0.05) is 6.42 Å². The lowest BCUT2D eigenvalue weighted by Crippen LogP contribution is -2.12. The van der Waals surface area contributed by atoms with E-state index in [-0.39, 0.29) is 16.8 Å². The molecule has 1 unspecified atom stereocenters. The van der Waals surface area contributed by atoms with Crippen molar-refractivity contribution in [3.63, 3.8) is 0 Å². The molecule has 3 nitrogen and oxygen atoms in total. The third kappa shape index (κ3) is 4.77. The Labute approximate surface area is 121 Å². The van der Waals surface area contributed by atoms with Gasteiger partial charge < -0.3 is 11.5 Å². The summed E-state index contributed by atoms with van der Waals surface area (Å²) in [5, 5.41) is 1.06. The van der Waals surface area contributed by atoms with Gasteiger partial charge in [-0.2, -0.15) is 13.2 Å². The highest BCUT2D eigenvalue weighted by Gasteiger charge is 2.35. The number of amides is 1. The predicted molar refractivity (Wildman–Crippen MR) is 71.6 cm³/mol. The zero-order chi connectivity index (χ0) is 14.6. The van der Waals surface area contributed by atoms with Crippen LogP contribution in [0.5, 0.6) is 0 Å². The van der Waals surface area contributed by atoms with E-state index in [1.165, 1.54) is 0 Å². The first kappa shape index (κ1) is 16.5. The van der Waals surface area contributed by atoms with Crippen molar-refractivity contribution < 1.29 is 18.0 Å². The molecule has 19 heavy (non-hydrogen) atoms. The van der Waals surface area contributed by atoms with E-state index in [4.69, 9.17) is 11.5 Å². The van der Waals surface area contributed by atoms with Crippen LogP contribution in [0.25, 0.3) is 0 Å². The Kier molecular flexibility index (Phi) is 5.82. The molecule has 1 amide bonds. The third-order valence-electron chi connectivity index (χ3n) is 2.59. The van der Waals surface area contributed by atoms with Crippen LogP contribution in [0.3, 0.4) is 0 Å². The fourth-order valence-electron chi connectivity index (χ4n) is 1.59. The predicted octanol–water partition coefficient (Wildman–Crippen LogP) is 3.57. The third-order valence-corrected chi connectivity index (χ3v) is 4.82. The van der Waals surface area contributed by atoms with Gasteiger partial charge in [0.2, 0.25) is 5.91 Å².